The highest BCUT2D eigenvalue weighted by Crippen LogP contribution is 2.19. The van der Waals surface area contributed by atoms with E-state index >= 15 is 0 Å². The van der Waals surface area contributed by atoms with Crippen LogP contribution < -0.4 is 0 Å². The van der Waals surface area contributed by atoms with Crippen LogP contribution in [0.4, 0.5) is 0 Å². The van der Waals surface area contributed by atoms with Gasteiger partial charge in [0, 0.05) is 0 Å². The van der Waals surface area contributed by atoms with Crippen LogP contribution in [0.25, 0.3) is 0 Å². The van der Waals surface area contributed by atoms with E-state index in [-0.39, 0.29) is 6.61 Å². The number of ether oxygens (including phenoxy) is 1. The van der Waals surface area contributed by atoms with Gasteiger partial charge in [0.1, 0.15) is 0 Å². The van der Waals surface area contributed by atoms with Crippen molar-refractivity contribution in [2.45, 2.75) is 26.4 Å². The molecule has 82 valence electrons. The maximum Gasteiger partial charge on any atom is 0.339 e. The first-order chi connectivity index (χ1) is 7.20. The molecule has 1 aromatic rings. The van der Waals surface area contributed by atoms with Gasteiger partial charge >= 0.3 is 5.97 Å². The number of hydrogen-bond acceptors (Lipinski definition) is 3. The van der Waals surface area contributed by atoms with Crippen molar-refractivity contribution in [2.75, 3.05) is 6.61 Å². The molecule has 1 atom stereocenters. The van der Waals surface area contributed by atoms with Crippen molar-refractivity contribution in [3.63, 3.8) is 0 Å². The minimum Gasteiger partial charge on any atom is -0.464 e. The van der Waals surface area contributed by atoms with Gasteiger partial charge in [-0.1, -0.05) is 31.2 Å². The van der Waals surface area contributed by atoms with Gasteiger partial charge < -0.3 is 9.84 Å². The molecule has 0 saturated carbocycles. The molecule has 15 heavy (non-hydrogen) atoms. The molecule has 0 aromatic heterocycles. The van der Waals surface area contributed by atoms with E-state index in [2.05, 4.69) is 0 Å². The van der Waals surface area contributed by atoms with Gasteiger partial charge in [-0.25, -0.2) is 4.79 Å². The first-order valence-corrected chi connectivity index (χ1v) is 5.13. The van der Waals surface area contributed by atoms with Crippen LogP contribution in [0.5, 0.6) is 0 Å². The second kappa shape index (κ2) is 5.51. The summed E-state index contributed by atoms with van der Waals surface area (Å²) in [5, 5.41) is 9.76. The Morgan fingerprint density at radius 2 is 2.07 bits per heavy atom. The quantitative estimate of drug-likeness (QED) is 0.768. The molecule has 0 amide bonds. The van der Waals surface area contributed by atoms with Crippen molar-refractivity contribution in [1.82, 2.24) is 0 Å². The van der Waals surface area contributed by atoms with Crippen LogP contribution in [0.15, 0.2) is 24.3 Å². The fourth-order valence-corrected chi connectivity index (χ4v) is 1.47. The summed E-state index contributed by atoms with van der Waals surface area (Å²) in [6.07, 6.45) is -0.381. The molecule has 0 aliphatic carbocycles. The SMILES string of the molecule is CCOC(=O)[C@H](O)c1ccccc1CC. The Morgan fingerprint density at radius 1 is 1.40 bits per heavy atom. The summed E-state index contributed by atoms with van der Waals surface area (Å²) in [7, 11) is 0. The Morgan fingerprint density at radius 3 is 2.67 bits per heavy atom. The third-order valence-electron chi connectivity index (χ3n) is 2.24. The predicted molar refractivity (Wildman–Crippen MR) is 57.4 cm³/mol. The smallest absolute Gasteiger partial charge is 0.339 e. The van der Waals surface area contributed by atoms with Gasteiger partial charge in [-0.2, -0.15) is 0 Å². The molecule has 0 bridgehead atoms. The molecule has 0 heterocycles. The summed E-state index contributed by atoms with van der Waals surface area (Å²) < 4.78 is 4.77. The number of esters is 1. The molecule has 3 nitrogen and oxygen atoms in total. The van der Waals surface area contributed by atoms with Gasteiger partial charge in [0.25, 0.3) is 0 Å². The van der Waals surface area contributed by atoms with Crippen molar-refractivity contribution in [3.05, 3.63) is 35.4 Å². The van der Waals surface area contributed by atoms with E-state index in [0.29, 0.717) is 5.56 Å². The Labute approximate surface area is 89.7 Å². The monoisotopic (exact) mass is 208 g/mol. The van der Waals surface area contributed by atoms with Gasteiger partial charge in [-0.3, -0.25) is 0 Å². The lowest BCUT2D eigenvalue weighted by molar-refractivity contribution is -0.153. The lowest BCUT2D eigenvalue weighted by atomic mass is 10.0. The molecule has 0 saturated heterocycles. The van der Waals surface area contributed by atoms with Crippen molar-refractivity contribution < 1.29 is 14.6 Å². The molecule has 0 radical (unpaired) electrons. The largest absolute Gasteiger partial charge is 0.464 e. The molecule has 0 unspecified atom stereocenters. The standard InChI is InChI=1S/C12H16O3/c1-3-9-7-5-6-8-10(9)11(13)12(14)15-4-2/h5-8,11,13H,3-4H2,1-2H3/t11-/m1/s1. The molecule has 0 aliphatic rings. The van der Waals surface area contributed by atoms with Crippen LogP contribution in [0.3, 0.4) is 0 Å². The maximum atomic E-state index is 11.3. The topological polar surface area (TPSA) is 46.5 Å². The Hall–Kier alpha value is -1.35. The van der Waals surface area contributed by atoms with Crippen molar-refractivity contribution in [3.8, 4) is 0 Å². The molecule has 0 spiro atoms. The number of aryl methyl sites for hydroxylation is 1. The number of rotatable bonds is 4. The lowest BCUT2D eigenvalue weighted by Crippen LogP contribution is -2.16. The third kappa shape index (κ3) is 2.80. The van der Waals surface area contributed by atoms with E-state index in [4.69, 9.17) is 4.74 Å². The van der Waals surface area contributed by atoms with Crippen molar-refractivity contribution in [1.29, 1.82) is 0 Å². The minimum absolute atomic E-state index is 0.282. The molecule has 1 rings (SSSR count). The predicted octanol–water partition coefficient (Wildman–Crippen LogP) is 1.85. The summed E-state index contributed by atoms with van der Waals surface area (Å²) in [4.78, 5) is 11.3. The van der Waals surface area contributed by atoms with Crippen LogP contribution in [-0.2, 0) is 16.0 Å². The number of benzene rings is 1. The Bertz CT molecular complexity index is 333. The van der Waals surface area contributed by atoms with Crippen LogP contribution in [0.2, 0.25) is 0 Å². The molecule has 1 N–H and O–H groups in total. The lowest BCUT2D eigenvalue weighted by Gasteiger charge is -2.13. The summed E-state index contributed by atoms with van der Waals surface area (Å²) in [5.74, 6) is -0.585. The maximum absolute atomic E-state index is 11.3. The van der Waals surface area contributed by atoms with Crippen molar-refractivity contribution in [2.24, 2.45) is 0 Å². The number of aliphatic hydroxyl groups is 1. The second-order valence-corrected chi connectivity index (χ2v) is 3.21. The Kier molecular flexibility index (Phi) is 4.31. The van der Waals surface area contributed by atoms with E-state index < -0.39 is 12.1 Å². The molecule has 3 heteroatoms. The van der Waals surface area contributed by atoms with Gasteiger partial charge in [0.05, 0.1) is 6.61 Å². The van der Waals surface area contributed by atoms with E-state index in [1.54, 1.807) is 19.1 Å². The first-order valence-electron chi connectivity index (χ1n) is 5.13. The highest BCUT2D eigenvalue weighted by atomic mass is 16.5. The summed E-state index contributed by atoms with van der Waals surface area (Å²) >= 11 is 0. The zero-order valence-electron chi connectivity index (χ0n) is 9.06. The average molecular weight is 208 g/mol. The van der Waals surface area contributed by atoms with Crippen LogP contribution in [-0.4, -0.2) is 17.7 Å². The number of aliphatic hydroxyl groups excluding tert-OH is 1. The van der Waals surface area contributed by atoms with E-state index in [9.17, 15) is 9.90 Å². The highest BCUT2D eigenvalue weighted by molar-refractivity contribution is 5.76. The molecule has 1 aromatic carbocycles. The summed E-state index contributed by atoms with van der Waals surface area (Å²) in [6, 6.07) is 7.34. The number of carbonyl (C=O) groups is 1. The zero-order chi connectivity index (χ0) is 11.3. The van der Waals surface area contributed by atoms with Crippen LogP contribution in [0, 0.1) is 0 Å². The molecule has 0 aliphatic heterocycles. The fourth-order valence-electron chi connectivity index (χ4n) is 1.47. The first kappa shape index (κ1) is 11.7. The van der Waals surface area contributed by atoms with Crippen LogP contribution >= 0.6 is 0 Å². The molecular weight excluding hydrogens is 192 g/mol. The average Bonchev–Trinajstić information content (AvgIpc) is 2.28. The zero-order valence-corrected chi connectivity index (χ0v) is 9.06. The van der Waals surface area contributed by atoms with Gasteiger partial charge in [-0.05, 0) is 24.5 Å². The van der Waals surface area contributed by atoms with E-state index in [1.807, 2.05) is 19.1 Å². The van der Waals surface area contributed by atoms with E-state index in [0.717, 1.165) is 12.0 Å². The van der Waals surface area contributed by atoms with Crippen molar-refractivity contribution >= 4 is 5.97 Å². The normalized spacial score (nSPS) is 12.2. The molecule has 0 fully saturated rings. The number of hydrogen-bond donors (Lipinski definition) is 1. The number of carbonyl (C=O) groups excluding carboxylic acids is 1. The third-order valence-corrected chi connectivity index (χ3v) is 2.24. The van der Waals surface area contributed by atoms with Gasteiger partial charge in [0.2, 0.25) is 0 Å². The van der Waals surface area contributed by atoms with Gasteiger partial charge in [0.15, 0.2) is 6.10 Å². The Balaban J connectivity index is 2.89. The second-order valence-electron chi connectivity index (χ2n) is 3.21. The van der Waals surface area contributed by atoms with Gasteiger partial charge in [-0.15, -0.1) is 0 Å². The summed E-state index contributed by atoms with van der Waals surface area (Å²) in [5.41, 5.74) is 1.61. The highest BCUT2D eigenvalue weighted by Gasteiger charge is 2.20. The molecular formula is C12H16O3. The van der Waals surface area contributed by atoms with E-state index in [1.165, 1.54) is 0 Å². The fraction of sp³-hybridized carbons (Fsp3) is 0.417. The van der Waals surface area contributed by atoms with Crippen LogP contribution in [0.1, 0.15) is 31.1 Å². The minimum atomic E-state index is -1.17. The summed E-state index contributed by atoms with van der Waals surface area (Å²) in [6.45, 7) is 3.98.